The van der Waals surface area contributed by atoms with Gasteiger partial charge in [-0.2, -0.15) is 0 Å². The van der Waals surface area contributed by atoms with Crippen LogP contribution in [-0.4, -0.2) is 18.3 Å². The summed E-state index contributed by atoms with van der Waals surface area (Å²) in [6.45, 7) is 1.12. The molecule has 2 nitrogen and oxygen atoms in total. The highest BCUT2D eigenvalue weighted by molar-refractivity contribution is 6.31. The Kier molecular flexibility index (Phi) is 4.22. The number of rotatable bonds is 4. The molecule has 0 saturated carbocycles. The first kappa shape index (κ1) is 11.9. The van der Waals surface area contributed by atoms with Crippen LogP contribution in [0.25, 0.3) is 0 Å². The number of hydrogen-bond acceptors (Lipinski definition) is 2. The lowest BCUT2D eigenvalue weighted by Gasteiger charge is -2.27. The zero-order valence-corrected chi connectivity index (χ0v) is 10.1. The maximum Gasteiger partial charge on any atom is 0.0443 e. The highest BCUT2D eigenvalue weighted by atomic mass is 35.5. The normalized spacial score (nSPS) is 19.5. The van der Waals surface area contributed by atoms with Gasteiger partial charge in [0.1, 0.15) is 0 Å². The van der Waals surface area contributed by atoms with E-state index >= 15 is 0 Å². The molecule has 0 radical (unpaired) electrons. The van der Waals surface area contributed by atoms with Crippen LogP contribution in [0.15, 0.2) is 18.2 Å². The molecule has 0 spiro atoms. The van der Waals surface area contributed by atoms with Gasteiger partial charge in [0.05, 0.1) is 0 Å². The van der Waals surface area contributed by atoms with E-state index < -0.39 is 0 Å². The van der Waals surface area contributed by atoms with Gasteiger partial charge in [-0.05, 0) is 49.4 Å². The van der Waals surface area contributed by atoms with E-state index in [9.17, 15) is 0 Å². The molecule has 1 aliphatic carbocycles. The lowest BCUT2D eigenvalue weighted by molar-refractivity contribution is 0.281. The summed E-state index contributed by atoms with van der Waals surface area (Å²) in [5.41, 5.74) is 2.65. The van der Waals surface area contributed by atoms with E-state index in [-0.39, 0.29) is 6.61 Å². The zero-order valence-electron chi connectivity index (χ0n) is 9.38. The molecule has 1 aromatic carbocycles. The van der Waals surface area contributed by atoms with Crippen LogP contribution in [0.5, 0.6) is 0 Å². The molecule has 2 rings (SSSR count). The lowest BCUT2D eigenvalue weighted by Crippen LogP contribution is -2.26. The Labute approximate surface area is 102 Å². The average Bonchev–Trinajstić information content (AvgIpc) is 2.31. The highest BCUT2D eigenvalue weighted by Crippen LogP contribution is 2.33. The summed E-state index contributed by atoms with van der Waals surface area (Å²) >= 11 is 6.20. The summed E-state index contributed by atoms with van der Waals surface area (Å²) in [5, 5.41) is 13.2. The standard InChI is InChI=1S/C13H18ClNO/c14-12-6-1-5-11-10(12)4-2-7-13(11)15-8-3-9-16/h1,5-6,13,15-16H,2-4,7-9H2. The van der Waals surface area contributed by atoms with Crippen LogP contribution in [0.1, 0.15) is 36.4 Å². The number of nitrogens with one attached hydrogen (secondary N) is 1. The fourth-order valence-corrected chi connectivity index (χ4v) is 2.65. The third-order valence-corrected chi connectivity index (χ3v) is 3.53. The van der Waals surface area contributed by atoms with Gasteiger partial charge in [0, 0.05) is 17.7 Å². The van der Waals surface area contributed by atoms with Crippen molar-refractivity contribution in [2.45, 2.75) is 31.7 Å². The van der Waals surface area contributed by atoms with Crippen molar-refractivity contribution in [2.24, 2.45) is 0 Å². The summed E-state index contributed by atoms with van der Waals surface area (Å²) in [7, 11) is 0. The van der Waals surface area contributed by atoms with Crippen LogP contribution in [0, 0.1) is 0 Å². The Morgan fingerprint density at radius 3 is 3.12 bits per heavy atom. The van der Waals surface area contributed by atoms with Crippen LogP contribution in [0.2, 0.25) is 5.02 Å². The second kappa shape index (κ2) is 5.67. The van der Waals surface area contributed by atoms with Crippen molar-refractivity contribution < 1.29 is 5.11 Å². The number of aliphatic hydroxyl groups is 1. The average molecular weight is 240 g/mol. The molecule has 0 fully saturated rings. The molecule has 0 heterocycles. The molecule has 1 aromatic rings. The molecule has 16 heavy (non-hydrogen) atoms. The molecule has 0 aliphatic heterocycles. The fourth-order valence-electron chi connectivity index (χ4n) is 2.37. The monoisotopic (exact) mass is 239 g/mol. The van der Waals surface area contributed by atoms with Crippen molar-refractivity contribution in [3.63, 3.8) is 0 Å². The van der Waals surface area contributed by atoms with Crippen LogP contribution in [0.3, 0.4) is 0 Å². The van der Waals surface area contributed by atoms with Gasteiger partial charge in [-0.3, -0.25) is 0 Å². The number of aliphatic hydroxyl groups excluding tert-OH is 1. The van der Waals surface area contributed by atoms with Gasteiger partial charge in [0.25, 0.3) is 0 Å². The van der Waals surface area contributed by atoms with E-state index in [0.29, 0.717) is 6.04 Å². The minimum atomic E-state index is 0.252. The third kappa shape index (κ3) is 2.57. The molecule has 0 aromatic heterocycles. The van der Waals surface area contributed by atoms with Gasteiger partial charge in [0.2, 0.25) is 0 Å². The van der Waals surface area contributed by atoms with Crippen molar-refractivity contribution in [1.29, 1.82) is 0 Å². The molecule has 1 unspecified atom stereocenters. The first-order valence-corrected chi connectivity index (χ1v) is 6.32. The maximum absolute atomic E-state index is 8.77. The summed E-state index contributed by atoms with van der Waals surface area (Å²) in [6.07, 6.45) is 4.26. The molecule has 0 amide bonds. The first-order chi connectivity index (χ1) is 7.83. The quantitative estimate of drug-likeness (QED) is 0.792. The molecular weight excluding hydrogens is 222 g/mol. The van der Waals surface area contributed by atoms with Gasteiger partial charge >= 0.3 is 0 Å². The first-order valence-electron chi connectivity index (χ1n) is 5.94. The van der Waals surface area contributed by atoms with Gasteiger partial charge < -0.3 is 10.4 Å². The molecule has 1 aliphatic rings. The maximum atomic E-state index is 8.77. The van der Waals surface area contributed by atoms with E-state index in [1.807, 2.05) is 12.1 Å². The predicted molar refractivity (Wildman–Crippen MR) is 66.8 cm³/mol. The molecule has 88 valence electrons. The molecule has 0 bridgehead atoms. The Morgan fingerprint density at radius 2 is 2.31 bits per heavy atom. The molecule has 3 heteroatoms. The SMILES string of the molecule is OCCCNC1CCCc2c(Cl)cccc21. The van der Waals surface area contributed by atoms with Crippen LogP contribution in [-0.2, 0) is 6.42 Å². The second-order valence-electron chi connectivity index (χ2n) is 4.28. The topological polar surface area (TPSA) is 32.3 Å². The fraction of sp³-hybridized carbons (Fsp3) is 0.538. The Morgan fingerprint density at radius 1 is 1.44 bits per heavy atom. The smallest absolute Gasteiger partial charge is 0.0443 e. The highest BCUT2D eigenvalue weighted by Gasteiger charge is 2.20. The van der Waals surface area contributed by atoms with Gasteiger partial charge in [0.15, 0.2) is 0 Å². The number of benzene rings is 1. The summed E-state index contributed by atoms with van der Waals surface area (Å²) in [5.74, 6) is 0. The Bertz CT molecular complexity index is 354. The van der Waals surface area contributed by atoms with Gasteiger partial charge in [-0.25, -0.2) is 0 Å². The van der Waals surface area contributed by atoms with Crippen molar-refractivity contribution >= 4 is 11.6 Å². The van der Waals surface area contributed by atoms with E-state index in [4.69, 9.17) is 16.7 Å². The predicted octanol–water partition coefficient (Wildman–Crippen LogP) is 2.69. The number of halogens is 1. The minimum Gasteiger partial charge on any atom is -0.396 e. The van der Waals surface area contributed by atoms with Crippen LogP contribution >= 0.6 is 11.6 Å². The molecule has 0 saturated heterocycles. The van der Waals surface area contributed by atoms with Crippen molar-refractivity contribution in [1.82, 2.24) is 5.32 Å². The van der Waals surface area contributed by atoms with E-state index in [1.165, 1.54) is 24.0 Å². The Balaban J connectivity index is 2.10. The van der Waals surface area contributed by atoms with Gasteiger partial charge in [-0.15, -0.1) is 0 Å². The number of hydrogen-bond donors (Lipinski definition) is 2. The minimum absolute atomic E-state index is 0.252. The van der Waals surface area contributed by atoms with Crippen LogP contribution < -0.4 is 5.32 Å². The van der Waals surface area contributed by atoms with E-state index in [0.717, 1.165) is 24.4 Å². The lowest BCUT2D eigenvalue weighted by atomic mass is 9.87. The summed E-state index contributed by atoms with van der Waals surface area (Å²) < 4.78 is 0. The number of fused-ring (bicyclic) bond motifs is 1. The van der Waals surface area contributed by atoms with Gasteiger partial charge in [-0.1, -0.05) is 23.7 Å². The van der Waals surface area contributed by atoms with E-state index in [2.05, 4.69) is 11.4 Å². The molecule has 2 N–H and O–H groups in total. The van der Waals surface area contributed by atoms with Crippen molar-refractivity contribution in [3.8, 4) is 0 Å². The van der Waals surface area contributed by atoms with Crippen LogP contribution in [0.4, 0.5) is 0 Å². The third-order valence-electron chi connectivity index (χ3n) is 3.18. The zero-order chi connectivity index (χ0) is 11.4. The summed E-state index contributed by atoms with van der Waals surface area (Å²) in [6, 6.07) is 6.56. The molecule has 1 atom stereocenters. The Hall–Kier alpha value is -0.570. The summed E-state index contributed by atoms with van der Waals surface area (Å²) in [4.78, 5) is 0. The molecular formula is C13H18ClNO. The van der Waals surface area contributed by atoms with Crippen molar-refractivity contribution in [3.05, 3.63) is 34.3 Å². The largest absolute Gasteiger partial charge is 0.396 e. The second-order valence-corrected chi connectivity index (χ2v) is 4.69. The van der Waals surface area contributed by atoms with E-state index in [1.54, 1.807) is 0 Å². The van der Waals surface area contributed by atoms with Crippen molar-refractivity contribution in [2.75, 3.05) is 13.2 Å².